The summed E-state index contributed by atoms with van der Waals surface area (Å²) in [4.78, 5) is 35.8. The van der Waals surface area contributed by atoms with E-state index in [2.05, 4.69) is 9.97 Å². The molecule has 1 atom stereocenters. The van der Waals surface area contributed by atoms with Crippen molar-refractivity contribution in [1.82, 2.24) is 9.97 Å². The molecule has 0 spiro atoms. The van der Waals surface area contributed by atoms with Gasteiger partial charge in [0.2, 0.25) is 5.95 Å². The molecule has 4 aromatic rings. The van der Waals surface area contributed by atoms with Crippen molar-refractivity contribution < 1.29 is 24.2 Å². The number of hydrogen-bond acceptors (Lipinski definition) is 6. The van der Waals surface area contributed by atoms with Gasteiger partial charge in [0.05, 0.1) is 40.9 Å². The van der Waals surface area contributed by atoms with Gasteiger partial charge in [-0.05, 0) is 61.9 Å². The minimum absolute atomic E-state index is 0.0257. The second kappa shape index (κ2) is 9.63. The van der Waals surface area contributed by atoms with Gasteiger partial charge in [-0.2, -0.15) is 0 Å². The van der Waals surface area contributed by atoms with Crippen LogP contribution in [0.25, 0.3) is 16.8 Å². The van der Waals surface area contributed by atoms with Crippen LogP contribution in [0.1, 0.15) is 31.0 Å². The van der Waals surface area contributed by atoms with Gasteiger partial charge in [0, 0.05) is 5.56 Å². The second-order valence-electron chi connectivity index (χ2n) is 8.83. The van der Waals surface area contributed by atoms with Crippen LogP contribution in [0.3, 0.4) is 0 Å². The summed E-state index contributed by atoms with van der Waals surface area (Å²) in [6, 6.07) is 18.0. The lowest BCUT2D eigenvalue weighted by atomic mass is 9.95. The summed E-state index contributed by atoms with van der Waals surface area (Å²) in [6.07, 6.45) is -0.0257. The van der Waals surface area contributed by atoms with Crippen molar-refractivity contribution in [3.63, 3.8) is 0 Å². The molecule has 1 aliphatic heterocycles. The number of H-pyrrole nitrogens is 1. The number of Topliss-reactive ketones (excluding diaryl/α,β-unsaturated/α-hetero) is 1. The number of amides is 1. The molecule has 5 rings (SSSR count). The monoisotopic (exact) mass is 517 g/mol. The highest BCUT2D eigenvalue weighted by atomic mass is 35.5. The van der Waals surface area contributed by atoms with Gasteiger partial charge in [0.15, 0.2) is 0 Å². The molecule has 188 valence electrons. The number of fused-ring (bicyclic) bond motifs is 1. The molecule has 1 aliphatic rings. The molecule has 1 unspecified atom stereocenters. The normalized spacial score (nSPS) is 17.1. The zero-order valence-corrected chi connectivity index (χ0v) is 21.1. The number of nitrogens with zero attached hydrogens (tertiary/aromatic N) is 2. The summed E-state index contributed by atoms with van der Waals surface area (Å²) in [5.74, 6) is -0.837. The Hall–Kier alpha value is -4.30. The number of aromatic nitrogens is 2. The molecular weight excluding hydrogens is 494 g/mol. The third-order valence-electron chi connectivity index (χ3n) is 6.05. The van der Waals surface area contributed by atoms with Crippen LogP contribution < -0.4 is 14.4 Å². The van der Waals surface area contributed by atoms with E-state index in [9.17, 15) is 14.7 Å². The molecule has 0 bridgehead atoms. The van der Waals surface area contributed by atoms with Crippen molar-refractivity contribution in [2.24, 2.45) is 0 Å². The number of anilines is 1. The summed E-state index contributed by atoms with van der Waals surface area (Å²) >= 11 is 6.39. The Morgan fingerprint density at radius 1 is 1.05 bits per heavy atom. The van der Waals surface area contributed by atoms with Gasteiger partial charge in [0.1, 0.15) is 17.3 Å². The van der Waals surface area contributed by atoms with Crippen molar-refractivity contribution in [2.75, 3.05) is 12.0 Å². The van der Waals surface area contributed by atoms with Crippen LogP contribution in [-0.2, 0) is 9.59 Å². The quantitative estimate of drug-likeness (QED) is 0.195. The van der Waals surface area contributed by atoms with E-state index in [1.54, 1.807) is 42.5 Å². The zero-order chi connectivity index (χ0) is 26.3. The van der Waals surface area contributed by atoms with Crippen LogP contribution in [0, 0.1) is 0 Å². The molecule has 1 aromatic heterocycles. The van der Waals surface area contributed by atoms with Crippen LogP contribution in [0.4, 0.5) is 5.95 Å². The fraction of sp³-hybridized carbons (Fsp3) is 0.179. The molecule has 0 radical (unpaired) electrons. The average molecular weight is 518 g/mol. The Balaban J connectivity index is 1.71. The maximum Gasteiger partial charge on any atom is 0.302 e. The first kappa shape index (κ1) is 24.4. The smallest absolute Gasteiger partial charge is 0.302 e. The highest BCUT2D eigenvalue weighted by molar-refractivity contribution is 6.51. The number of benzene rings is 3. The number of hydrogen-bond donors (Lipinski definition) is 2. The molecule has 0 saturated carbocycles. The summed E-state index contributed by atoms with van der Waals surface area (Å²) in [6.45, 7) is 3.84. The zero-order valence-electron chi connectivity index (χ0n) is 20.4. The Morgan fingerprint density at radius 3 is 2.43 bits per heavy atom. The van der Waals surface area contributed by atoms with Gasteiger partial charge in [-0.25, -0.2) is 4.98 Å². The molecule has 1 amide bonds. The first-order valence-electron chi connectivity index (χ1n) is 11.6. The lowest BCUT2D eigenvalue weighted by Crippen LogP contribution is -2.30. The number of carbonyl (C=O) groups excluding carboxylic acids is 2. The Kier molecular flexibility index (Phi) is 6.35. The molecule has 0 aliphatic carbocycles. The van der Waals surface area contributed by atoms with Crippen molar-refractivity contribution >= 4 is 46.0 Å². The van der Waals surface area contributed by atoms with Crippen molar-refractivity contribution in [1.29, 1.82) is 0 Å². The van der Waals surface area contributed by atoms with Gasteiger partial charge in [-0.1, -0.05) is 35.9 Å². The number of aliphatic hydroxyl groups is 1. The van der Waals surface area contributed by atoms with Crippen LogP contribution in [-0.4, -0.2) is 40.0 Å². The number of carbonyl (C=O) groups is 2. The summed E-state index contributed by atoms with van der Waals surface area (Å²) in [7, 11) is 1.48. The van der Waals surface area contributed by atoms with Crippen LogP contribution in [0.2, 0.25) is 5.02 Å². The molecule has 9 heteroatoms. The van der Waals surface area contributed by atoms with Gasteiger partial charge >= 0.3 is 5.91 Å². The molecular formula is C28H24ClN3O5. The third kappa shape index (κ3) is 4.40. The summed E-state index contributed by atoms with van der Waals surface area (Å²) in [5.41, 5.74) is 1.98. The predicted octanol–water partition coefficient (Wildman–Crippen LogP) is 5.64. The average Bonchev–Trinajstić information content (AvgIpc) is 3.42. The number of ketones is 1. The second-order valence-corrected chi connectivity index (χ2v) is 9.24. The molecule has 1 saturated heterocycles. The lowest BCUT2D eigenvalue weighted by molar-refractivity contribution is -0.132. The van der Waals surface area contributed by atoms with E-state index in [1.807, 2.05) is 32.0 Å². The predicted molar refractivity (Wildman–Crippen MR) is 141 cm³/mol. The summed E-state index contributed by atoms with van der Waals surface area (Å²) in [5, 5.41) is 11.6. The van der Waals surface area contributed by atoms with E-state index in [0.29, 0.717) is 28.1 Å². The van der Waals surface area contributed by atoms with Crippen molar-refractivity contribution in [3.8, 4) is 11.5 Å². The molecule has 2 heterocycles. The maximum atomic E-state index is 13.4. The SMILES string of the molecule is COc1ccc(Cl)c(/C(O)=C2\C(=O)C(=O)N(c3nc4ccccc4[nH]3)C2c2ccc(OC(C)C)cc2)c1. The Morgan fingerprint density at radius 2 is 1.76 bits per heavy atom. The van der Waals surface area contributed by atoms with E-state index < -0.39 is 23.5 Å². The van der Waals surface area contributed by atoms with Crippen molar-refractivity contribution in [2.45, 2.75) is 26.0 Å². The highest BCUT2D eigenvalue weighted by Crippen LogP contribution is 2.43. The Bertz CT molecular complexity index is 1510. The minimum Gasteiger partial charge on any atom is -0.507 e. The van der Waals surface area contributed by atoms with E-state index >= 15 is 0 Å². The van der Waals surface area contributed by atoms with E-state index in [-0.39, 0.29) is 28.2 Å². The van der Waals surface area contributed by atoms with E-state index in [1.165, 1.54) is 18.1 Å². The van der Waals surface area contributed by atoms with Crippen molar-refractivity contribution in [3.05, 3.63) is 88.5 Å². The molecule has 2 N–H and O–H groups in total. The van der Waals surface area contributed by atoms with Gasteiger partial charge in [0.25, 0.3) is 5.78 Å². The first-order valence-corrected chi connectivity index (χ1v) is 12.0. The first-order chi connectivity index (χ1) is 17.8. The molecule has 8 nitrogen and oxygen atoms in total. The van der Waals surface area contributed by atoms with E-state index in [4.69, 9.17) is 21.1 Å². The van der Waals surface area contributed by atoms with E-state index in [0.717, 1.165) is 0 Å². The molecule has 3 aromatic carbocycles. The number of para-hydroxylation sites is 2. The summed E-state index contributed by atoms with van der Waals surface area (Å²) < 4.78 is 11.0. The number of aliphatic hydroxyl groups excluding tert-OH is 1. The number of nitrogens with one attached hydrogen (secondary N) is 1. The topological polar surface area (TPSA) is 105 Å². The largest absolute Gasteiger partial charge is 0.507 e. The lowest BCUT2D eigenvalue weighted by Gasteiger charge is -2.23. The molecule has 37 heavy (non-hydrogen) atoms. The fourth-order valence-corrected chi connectivity index (χ4v) is 4.59. The number of halogens is 1. The van der Waals surface area contributed by atoms with Gasteiger partial charge in [-0.15, -0.1) is 0 Å². The Labute approximate surface area is 218 Å². The maximum absolute atomic E-state index is 13.4. The number of imidazole rings is 1. The number of ether oxygens (including phenoxy) is 2. The fourth-order valence-electron chi connectivity index (χ4n) is 4.38. The molecule has 1 fully saturated rings. The van der Waals surface area contributed by atoms with Crippen LogP contribution in [0.15, 0.2) is 72.3 Å². The van der Waals surface area contributed by atoms with Crippen LogP contribution in [0.5, 0.6) is 11.5 Å². The standard InChI is InChI=1S/C28H24ClN3O5/c1-15(2)37-17-10-8-16(9-11-17)24-23(25(33)19-14-18(36-3)12-13-20(19)29)26(34)27(35)32(24)28-30-21-6-4-5-7-22(21)31-28/h4-15,24,33H,1-3H3,(H,30,31)/b25-23+. The van der Waals surface area contributed by atoms with Gasteiger partial charge in [-0.3, -0.25) is 14.5 Å². The third-order valence-corrected chi connectivity index (χ3v) is 6.38. The van der Waals surface area contributed by atoms with Crippen LogP contribution >= 0.6 is 11.6 Å². The number of aromatic amines is 1. The highest BCUT2D eigenvalue weighted by Gasteiger charge is 2.48. The minimum atomic E-state index is -0.976. The number of methoxy groups -OCH3 is 1. The number of rotatable bonds is 6. The van der Waals surface area contributed by atoms with Gasteiger partial charge < -0.3 is 19.6 Å².